The maximum Gasteiger partial charge on any atom is 0.409 e. The van der Waals surface area contributed by atoms with E-state index in [0.29, 0.717) is 17.9 Å². The van der Waals surface area contributed by atoms with Crippen LogP contribution in [0.4, 0.5) is 10.5 Å². The predicted molar refractivity (Wildman–Crippen MR) is 145 cm³/mol. The molecule has 1 aromatic rings. The molecular formula is C28H37ClN2O8. The minimum Gasteiger partial charge on any atom is -0.495 e. The zero-order chi connectivity index (χ0) is 28.7. The van der Waals surface area contributed by atoms with E-state index in [0.717, 1.165) is 11.1 Å². The van der Waals surface area contributed by atoms with Gasteiger partial charge in [-0.2, -0.15) is 0 Å². The van der Waals surface area contributed by atoms with Crippen LogP contribution in [0.1, 0.15) is 39.2 Å². The zero-order valence-corrected chi connectivity index (χ0v) is 23.8. The highest BCUT2D eigenvalue weighted by molar-refractivity contribution is 6.35. The van der Waals surface area contributed by atoms with Crippen molar-refractivity contribution >= 4 is 29.3 Å². The number of aliphatic hydroxyl groups excluding tert-OH is 1. The van der Waals surface area contributed by atoms with E-state index in [-0.39, 0.29) is 23.8 Å². The summed E-state index contributed by atoms with van der Waals surface area (Å²) in [5.41, 5.74) is -0.479. The van der Waals surface area contributed by atoms with E-state index >= 15 is 0 Å². The van der Waals surface area contributed by atoms with Crippen LogP contribution in [-0.2, 0) is 25.4 Å². The van der Waals surface area contributed by atoms with Gasteiger partial charge in [0, 0.05) is 26.5 Å². The maximum absolute atomic E-state index is 13.3. The number of amides is 2. The molecule has 2 saturated heterocycles. The topological polar surface area (TPSA) is 130 Å². The van der Waals surface area contributed by atoms with Crippen LogP contribution in [0.3, 0.4) is 0 Å². The molecule has 0 saturated carbocycles. The van der Waals surface area contributed by atoms with Crippen molar-refractivity contribution in [3.63, 3.8) is 0 Å². The molecule has 7 atom stereocenters. The second kappa shape index (κ2) is 11.1. The summed E-state index contributed by atoms with van der Waals surface area (Å²) in [5.74, 6) is -0.323. The fraction of sp³-hybridized carbons (Fsp3) is 0.571. The molecule has 214 valence electrons. The number of rotatable bonds is 2. The molecule has 3 heterocycles. The molecule has 3 aliphatic heterocycles. The number of anilines is 1. The van der Waals surface area contributed by atoms with Gasteiger partial charge < -0.3 is 34.1 Å². The molecule has 4 rings (SSSR count). The number of hydrogen-bond acceptors (Lipinski definition) is 8. The summed E-state index contributed by atoms with van der Waals surface area (Å²) < 4.78 is 22.4. The van der Waals surface area contributed by atoms with Crippen molar-refractivity contribution in [3.8, 4) is 5.75 Å². The number of nitrogens with one attached hydrogen (secondary N) is 1. The van der Waals surface area contributed by atoms with E-state index in [1.54, 1.807) is 26.1 Å². The van der Waals surface area contributed by atoms with Gasteiger partial charge in [0.1, 0.15) is 28.6 Å². The van der Waals surface area contributed by atoms with E-state index in [9.17, 15) is 19.8 Å². The molecule has 3 N–H and O–H groups in total. The lowest BCUT2D eigenvalue weighted by Gasteiger charge is -2.42. The van der Waals surface area contributed by atoms with Gasteiger partial charge in [0.05, 0.1) is 31.4 Å². The standard InChI is InChI=1S/C28H37ClN2O8/c1-15-8-7-9-22(37-6)28(35)14-20(38-26(34)30-28)16(2)25-27(3,39-25)21(32)13-23(33)31(4)18-11-17(10-15)12-19(36-5)24(18)29/h7-9,11-12,16,20-22,25,32,35H,10,13-14H2,1-6H3,(H,30,34)/b9-7+,15-8+/t16-,20?,21+,22-,25+,27+,28+/m1/s1. The second-order valence-corrected chi connectivity index (χ2v) is 11.2. The Balaban J connectivity index is 1.74. The number of hydrogen-bond donors (Lipinski definition) is 3. The third-order valence-corrected chi connectivity index (χ3v) is 8.36. The molecule has 2 fully saturated rings. The Labute approximate surface area is 233 Å². The van der Waals surface area contributed by atoms with Crippen LogP contribution in [0.25, 0.3) is 0 Å². The fourth-order valence-electron chi connectivity index (χ4n) is 5.46. The largest absolute Gasteiger partial charge is 0.495 e. The molecule has 0 aliphatic carbocycles. The SMILES string of the molecule is COc1cc2cc(c1Cl)N(C)C(=O)C[C@H](O)[C@]1(C)O[C@H]1[C@H](C)C1C[C@@](O)(NC(=O)O1)[C@H](OC)/C=C/C=C(\C)C2. The summed E-state index contributed by atoms with van der Waals surface area (Å²) in [7, 11) is 4.56. The number of methoxy groups -OCH3 is 2. The third kappa shape index (κ3) is 5.81. The minimum atomic E-state index is -1.73. The highest BCUT2D eigenvalue weighted by Crippen LogP contribution is 2.48. The van der Waals surface area contributed by atoms with E-state index in [1.165, 1.54) is 19.1 Å². The van der Waals surface area contributed by atoms with Crippen LogP contribution in [0, 0.1) is 5.92 Å². The van der Waals surface area contributed by atoms with Crippen LogP contribution in [-0.4, -0.2) is 79.2 Å². The van der Waals surface area contributed by atoms with Gasteiger partial charge in [0.25, 0.3) is 0 Å². The number of benzene rings is 1. The van der Waals surface area contributed by atoms with Gasteiger partial charge in [-0.25, -0.2) is 4.79 Å². The van der Waals surface area contributed by atoms with Crippen molar-refractivity contribution in [2.24, 2.45) is 5.92 Å². The van der Waals surface area contributed by atoms with Crippen LogP contribution in [0.15, 0.2) is 35.9 Å². The van der Waals surface area contributed by atoms with E-state index in [2.05, 4.69) is 5.32 Å². The van der Waals surface area contributed by atoms with Crippen LogP contribution < -0.4 is 15.0 Å². The number of carbonyl (C=O) groups is 2. The number of aliphatic hydroxyl groups is 2. The molecule has 0 spiro atoms. The Hall–Kier alpha value is -2.63. The molecule has 11 heteroatoms. The highest BCUT2D eigenvalue weighted by Gasteiger charge is 2.62. The summed E-state index contributed by atoms with van der Waals surface area (Å²) in [6.07, 6.45) is 1.63. The zero-order valence-electron chi connectivity index (χ0n) is 23.1. The van der Waals surface area contributed by atoms with Crippen molar-refractivity contribution in [2.45, 2.75) is 75.8 Å². The Bertz CT molecular complexity index is 1190. The Morgan fingerprint density at radius 1 is 1.26 bits per heavy atom. The first-order valence-corrected chi connectivity index (χ1v) is 13.3. The summed E-state index contributed by atoms with van der Waals surface area (Å²) >= 11 is 6.58. The monoisotopic (exact) mass is 564 g/mol. The molecule has 1 aromatic carbocycles. The Morgan fingerprint density at radius 2 is 1.97 bits per heavy atom. The minimum absolute atomic E-state index is 0.0310. The number of alkyl carbamates (subject to hydrolysis) is 1. The molecule has 39 heavy (non-hydrogen) atoms. The number of carbonyl (C=O) groups excluding carboxylic acids is 2. The van der Waals surface area contributed by atoms with Gasteiger partial charge in [0.2, 0.25) is 5.91 Å². The lowest BCUT2D eigenvalue weighted by Crippen LogP contribution is -2.63. The Morgan fingerprint density at radius 3 is 2.64 bits per heavy atom. The van der Waals surface area contributed by atoms with Gasteiger partial charge in [-0.15, -0.1) is 0 Å². The van der Waals surface area contributed by atoms with E-state index in [1.807, 2.05) is 32.1 Å². The van der Waals surface area contributed by atoms with Crippen molar-refractivity contribution in [2.75, 3.05) is 26.2 Å². The fourth-order valence-corrected chi connectivity index (χ4v) is 5.78. The van der Waals surface area contributed by atoms with E-state index in [4.69, 9.17) is 30.5 Å². The van der Waals surface area contributed by atoms with Crippen molar-refractivity contribution in [1.82, 2.24) is 5.32 Å². The molecular weight excluding hydrogens is 528 g/mol. The summed E-state index contributed by atoms with van der Waals surface area (Å²) in [5, 5.41) is 25.3. The highest BCUT2D eigenvalue weighted by atomic mass is 35.5. The Kier molecular flexibility index (Phi) is 8.35. The molecule has 0 aromatic heterocycles. The number of nitrogens with zero attached hydrogens (tertiary/aromatic N) is 1. The lowest BCUT2D eigenvalue weighted by molar-refractivity contribution is -0.142. The quantitative estimate of drug-likeness (QED) is 0.467. The first-order chi connectivity index (χ1) is 18.3. The normalized spacial score (nSPS) is 37.6. The maximum atomic E-state index is 13.3. The smallest absolute Gasteiger partial charge is 0.409 e. The van der Waals surface area contributed by atoms with Crippen molar-refractivity contribution in [1.29, 1.82) is 0 Å². The van der Waals surface area contributed by atoms with Crippen LogP contribution in [0.2, 0.25) is 5.02 Å². The molecule has 0 radical (unpaired) electrons. The predicted octanol–water partition coefficient (Wildman–Crippen LogP) is 3.12. The first-order valence-electron chi connectivity index (χ1n) is 12.9. The van der Waals surface area contributed by atoms with Gasteiger partial charge >= 0.3 is 6.09 Å². The second-order valence-electron chi connectivity index (χ2n) is 10.8. The van der Waals surface area contributed by atoms with Gasteiger partial charge in [-0.1, -0.05) is 42.3 Å². The summed E-state index contributed by atoms with van der Waals surface area (Å²) in [6.45, 7) is 5.48. The number of halogens is 1. The average molecular weight is 565 g/mol. The molecule has 10 nitrogen and oxygen atoms in total. The number of fused-ring (bicyclic) bond motifs is 5. The number of ether oxygens (including phenoxy) is 4. The van der Waals surface area contributed by atoms with E-state index < -0.39 is 47.8 Å². The average Bonchev–Trinajstić information content (AvgIpc) is 3.58. The van der Waals surface area contributed by atoms with Gasteiger partial charge in [-0.3, -0.25) is 10.1 Å². The van der Waals surface area contributed by atoms with Crippen LogP contribution in [0.5, 0.6) is 5.75 Å². The molecule has 4 bridgehead atoms. The van der Waals surface area contributed by atoms with Crippen molar-refractivity contribution < 1.29 is 38.7 Å². The van der Waals surface area contributed by atoms with Crippen LogP contribution >= 0.6 is 11.6 Å². The number of allylic oxidation sites excluding steroid dienone is 3. The summed E-state index contributed by atoms with van der Waals surface area (Å²) in [6, 6.07) is 3.63. The first kappa shape index (κ1) is 29.4. The molecule has 2 amide bonds. The number of epoxide rings is 1. The van der Waals surface area contributed by atoms with Gasteiger partial charge in [-0.05, 0) is 38.0 Å². The van der Waals surface area contributed by atoms with Crippen molar-refractivity contribution in [3.05, 3.63) is 46.5 Å². The molecule has 1 unspecified atom stereocenters. The summed E-state index contributed by atoms with van der Waals surface area (Å²) in [4.78, 5) is 27.1. The third-order valence-electron chi connectivity index (χ3n) is 7.98. The van der Waals surface area contributed by atoms with Gasteiger partial charge in [0.15, 0.2) is 5.72 Å². The lowest BCUT2D eigenvalue weighted by atomic mass is 9.84. The molecule has 3 aliphatic rings.